The van der Waals surface area contributed by atoms with Gasteiger partial charge in [0.15, 0.2) is 0 Å². The second-order valence-electron chi connectivity index (χ2n) is 5.21. The summed E-state index contributed by atoms with van der Waals surface area (Å²) in [5.41, 5.74) is 0.855. The molecule has 2 aliphatic heterocycles. The number of halogens is 1. The molecular weight excluding hydrogens is 279 g/mol. The summed E-state index contributed by atoms with van der Waals surface area (Å²) in [4.78, 5) is 12.8. The monoisotopic (exact) mass is 296 g/mol. The molecule has 3 N–H and O–H groups in total. The highest BCUT2D eigenvalue weighted by Crippen LogP contribution is 2.37. The first kappa shape index (κ1) is 13.9. The fourth-order valence-electron chi connectivity index (χ4n) is 2.73. The number of aliphatic hydroxyl groups is 1. The molecule has 0 bridgehead atoms. The number of carbonyl (C=O) groups is 1. The number of fused-ring (bicyclic) bond motifs is 1. The molecule has 0 aromatic heterocycles. The molecule has 1 aromatic carbocycles. The van der Waals surface area contributed by atoms with Gasteiger partial charge in [-0.2, -0.15) is 0 Å². The van der Waals surface area contributed by atoms with E-state index in [1.807, 2.05) is 6.07 Å². The fraction of sp³-hybridized carbons (Fsp3) is 0.500. The Labute approximate surface area is 121 Å². The molecule has 2 heterocycles. The Hall–Kier alpha value is -1.11. The standard InChI is InChI=1S/C14H17FN2O2S/c15-10-3-1-2-9-11(4-5-20-13(9)10)17-14(19)12-6-8(18)7-16-12/h1-3,8,11-12,16,18H,4-7H2,(H,17,19)/t8-,11+,12-/m0/s1. The summed E-state index contributed by atoms with van der Waals surface area (Å²) in [6, 6.07) is 4.50. The van der Waals surface area contributed by atoms with Gasteiger partial charge >= 0.3 is 0 Å². The fourth-order valence-corrected chi connectivity index (χ4v) is 3.87. The van der Waals surface area contributed by atoms with Gasteiger partial charge in [-0.1, -0.05) is 12.1 Å². The number of benzene rings is 1. The zero-order valence-corrected chi connectivity index (χ0v) is 11.8. The maximum atomic E-state index is 13.8. The van der Waals surface area contributed by atoms with Crippen LogP contribution < -0.4 is 10.6 Å². The quantitative estimate of drug-likeness (QED) is 0.767. The van der Waals surface area contributed by atoms with E-state index < -0.39 is 6.10 Å². The molecule has 3 rings (SSSR count). The summed E-state index contributed by atoms with van der Waals surface area (Å²) in [6.45, 7) is 0.448. The zero-order chi connectivity index (χ0) is 14.1. The van der Waals surface area contributed by atoms with Crippen LogP contribution in [0.25, 0.3) is 0 Å². The molecule has 0 saturated carbocycles. The van der Waals surface area contributed by atoms with Crippen molar-refractivity contribution in [2.24, 2.45) is 0 Å². The Kier molecular flexibility index (Phi) is 3.96. The van der Waals surface area contributed by atoms with Crippen LogP contribution in [0.2, 0.25) is 0 Å². The van der Waals surface area contributed by atoms with E-state index in [-0.39, 0.29) is 23.8 Å². The maximum absolute atomic E-state index is 13.8. The number of amides is 1. The largest absolute Gasteiger partial charge is 0.392 e. The lowest BCUT2D eigenvalue weighted by atomic mass is 10.0. The summed E-state index contributed by atoms with van der Waals surface area (Å²) in [6.07, 6.45) is 0.767. The van der Waals surface area contributed by atoms with Gasteiger partial charge in [-0.05, 0) is 24.5 Å². The Bertz CT molecular complexity index is 526. The van der Waals surface area contributed by atoms with Gasteiger partial charge in [0.05, 0.1) is 18.2 Å². The molecule has 108 valence electrons. The Balaban J connectivity index is 1.73. The van der Waals surface area contributed by atoms with Gasteiger partial charge < -0.3 is 15.7 Å². The summed E-state index contributed by atoms with van der Waals surface area (Å²) in [5, 5.41) is 15.4. The SMILES string of the molecule is O=C(N[C@@H]1CCSc2c(F)cccc21)[C@@H]1C[C@H](O)CN1. The molecule has 2 aliphatic rings. The van der Waals surface area contributed by atoms with E-state index >= 15 is 0 Å². The van der Waals surface area contributed by atoms with Gasteiger partial charge in [-0.3, -0.25) is 4.79 Å². The second kappa shape index (κ2) is 5.71. The molecule has 1 fully saturated rings. The number of β-amino-alcohol motifs (C(OH)–C–C–N with tert-alkyl or cyclic N) is 1. The number of thioether (sulfide) groups is 1. The van der Waals surface area contributed by atoms with Crippen molar-refractivity contribution in [1.82, 2.24) is 10.6 Å². The van der Waals surface area contributed by atoms with Gasteiger partial charge in [0.25, 0.3) is 0 Å². The van der Waals surface area contributed by atoms with Gasteiger partial charge in [0.1, 0.15) is 5.82 Å². The molecular formula is C14H17FN2O2S. The molecule has 1 aromatic rings. The average molecular weight is 296 g/mol. The highest BCUT2D eigenvalue weighted by atomic mass is 32.2. The summed E-state index contributed by atoms with van der Waals surface area (Å²) >= 11 is 1.50. The van der Waals surface area contributed by atoms with Gasteiger partial charge in [-0.25, -0.2) is 4.39 Å². The number of rotatable bonds is 2. The van der Waals surface area contributed by atoms with Crippen molar-refractivity contribution in [1.29, 1.82) is 0 Å². The van der Waals surface area contributed by atoms with Crippen molar-refractivity contribution in [2.75, 3.05) is 12.3 Å². The number of aliphatic hydroxyl groups excluding tert-OH is 1. The first-order valence-corrected chi connectivity index (χ1v) is 7.76. The molecule has 0 radical (unpaired) electrons. The molecule has 0 aliphatic carbocycles. The van der Waals surface area contributed by atoms with Crippen LogP contribution in [0.4, 0.5) is 4.39 Å². The van der Waals surface area contributed by atoms with E-state index in [1.165, 1.54) is 17.8 Å². The van der Waals surface area contributed by atoms with Crippen LogP contribution in [0.15, 0.2) is 23.1 Å². The lowest BCUT2D eigenvalue weighted by Gasteiger charge is -2.27. The van der Waals surface area contributed by atoms with E-state index in [1.54, 1.807) is 6.07 Å². The summed E-state index contributed by atoms with van der Waals surface area (Å²) in [7, 11) is 0. The van der Waals surface area contributed by atoms with Crippen molar-refractivity contribution in [3.05, 3.63) is 29.6 Å². The van der Waals surface area contributed by atoms with Crippen LogP contribution in [-0.4, -0.2) is 35.5 Å². The maximum Gasteiger partial charge on any atom is 0.237 e. The normalized spacial score (nSPS) is 29.0. The molecule has 1 amide bonds. The lowest BCUT2D eigenvalue weighted by Crippen LogP contribution is -2.42. The van der Waals surface area contributed by atoms with Gasteiger partial charge in [0.2, 0.25) is 5.91 Å². The van der Waals surface area contributed by atoms with Crippen LogP contribution in [-0.2, 0) is 4.79 Å². The third kappa shape index (κ3) is 2.68. The van der Waals surface area contributed by atoms with Crippen molar-refractivity contribution < 1.29 is 14.3 Å². The summed E-state index contributed by atoms with van der Waals surface area (Å²) in [5.74, 6) is 0.453. The van der Waals surface area contributed by atoms with Gasteiger partial charge in [-0.15, -0.1) is 11.8 Å². The van der Waals surface area contributed by atoms with E-state index in [2.05, 4.69) is 10.6 Å². The van der Waals surface area contributed by atoms with Crippen LogP contribution in [0.5, 0.6) is 0 Å². The minimum Gasteiger partial charge on any atom is -0.392 e. The lowest BCUT2D eigenvalue weighted by molar-refractivity contribution is -0.123. The predicted molar refractivity (Wildman–Crippen MR) is 75.0 cm³/mol. The molecule has 3 atom stereocenters. The predicted octanol–water partition coefficient (Wildman–Crippen LogP) is 1.20. The van der Waals surface area contributed by atoms with Crippen LogP contribution in [0.1, 0.15) is 24.4 Å². The molecule has 20 heavy (non-hydrogen) atoms. The number of hydrogen-bond acceptors (Lipinski definition) is 4. The Morgan fingerprint density at radius 1 is 1.50 bits per heavy atom. The van der Waals surface area contributed by atoms with E-state index in [0.717, 1.165) is 17.7 Å². The van der Waals surface area contributed by atoms with E-state index in [4.69, 9.17) is 0 Å². The third-order valence-electron chi connectivity index (χ3n) is 3.77. The molecule has 1 saturated heterocycles. The number of nitrogens with one attached hydrogen (secondary N) is 2. The smallest absolute Gasteiger partial charge is 0.237 e. The van der Waals surface area contributed by atoms with Gasteiger partial charge in [0, 0.05) is 17.2 Å². The molecule has 6 heteroatoms. The minimum absolute atomic E-state index is 0.117. The first-order chi connectivity index (χ1) is 9.65. The third-order valence-corrected chi connectivity index (χ3v) is 4.93. The number of carbonyl (C=O) groups excluding carboxylic acids is 1. The van der Waals surface area contributed by atoms with Crippen molar-refractivity contribution in [2.45, 2.75) is 35.9 Å². The van der Waals surface area contributed by atoms with Crippen molar-refractivity contribution in [3.8, 4) is 0 Å². The highest BCUT2D eigenvalue weighted by Gasteiger charge is 2.31. The van der Waals surface area contributed by atoms with Crippen LogP contribution in [0, 0.1) is 5.82 Å². The van der Waals surface area contributed by atoms with Crippen molar-refractivity contribution in [3.63, 3.8) is 0 Å². The molecule has 0 spiro atoms. The highest BCUT2D eigenvalue weighted by molar-refractivity contribution is 7.99. The summed E-state index contributed by atoms with van der Waals surface area (Å²) < 4.78 is 13.8. The van der Waals surface area contributed by atoms with Crippen molar-refractivity contribution >= 4 is 17.7 Å². The Morgan fingerprint density at radius 2 is 2.35 bits per heavy atom. The Morgan fingerprint density at radius 3 is 3.10 bits per heavy atom. The topological polar surface area (TPSA) is 61.4 Å². The van der Waals surface area contributed by atoms with Crippen LogP contribution >= 0.6 is 11.8 Å². The average Bonchev–Trinajstić information content (AvgIpc) is 2.87. The molecule has 0 unspecified atom stereocenters. The first-order valence-electron chi connectivity index (χ1n) is 6.78. The molecule has 4 nitrogen and oxygen atoms in total. The van der Waals surface area contributed by atoms with Crippen LogP contribution in [0.3, 0.4) is 0 Å². The number of hydrogen-bond donors (Lipinski definition) is 3. The minimum atomic E-state index is -0.461. The van der Waals surface area contributed by atoms with E-state index in [0.29, 0.717) is 17.9 Å². The second-order valence-corrected chi connectivity index (χ2v) is 6.31. The zero-order valence-electron chi connectivity index (χ0n) is 10.9. The van der Waals surface area contributed by atoms with E-state index in [9.17, 15) is 14.3 Å².